The molecule has 2 nitrogen and oxygen atoms in total. The smallest absolute Gasteiger partial charge is 0.311 e. The second kappa shape index (κ2) is 9.90. The van der Waals surface area contributed by atoms with E-state index in [1.165, 1.54) is 12.8 Å². The molecule has 0 fully saturated rings. The molecule has 0 aliphatic carbocycles. The van der Waals surface area contributed by atoms with Crippen LogP contribution in [0.5, 0.6) is 0 Å². The predicted molar refractivity (Wildman–Crippen MR) is 36.0 cm³/mol. The van der Waals surface area contributed by atoms with Crippen molar-refractivity contribution >= 4 is 17.0 Å². The Morgan fingerprint density at radius 1 is 1.50 bits per heavy atom. The summed E-state index contributed by atoms with van der Waals surface area (Å²) in [6.07, 6.45) is 2.64. The molecular formula is C5H12ClNO. The molecule has 1 amide bonds. The number of amides is 1. The Balaban J connectivity index is 0. The number of unbranched alkanes of at least 4 members (excludes halogenated alkanes) is 1. The first-order valence-electron chi connectivity index (χ1n) is 2.60. The molecule has 0 atom stereocenters. The summed E-state index contributed by atoms with van der Waals surface area (Å²) in [7, 11) is 0. The first-order valence-corrected chi connectivity index (χ1v) is 2.97. The fourth-order valence-electron chi connectivity index (χ4n) is 0. The van der Waals surface area contributed by atoms with E-state index in [1.54, 1.807) is 0 Å². The molecule has 8 heavy (non-hydrogen) atoms. The Hall–Kier alpha value is -0.240. The lowest BCUT2D eigenvalue weighted by Gasteiger charge is -1.68. The maximum atomic E-state index is 8.99. The van der Waals surface area contributed by atoms with Crippen LogP contribution < -0.4 is 5.73 Å². The van der Waals surface area contributed by atoms with Crippen LogP contribution in [0.1, 0.15) is 26.7 Å². The maximum absolute atomic E-state index is 8.99. The van der Waals surface area contributed by atoms with Gasteiger partial charge in [0.15, 0.2) is 0 Å². The molecule has 0 rings (SSSR count). The van der Waals surface area contributed by atoms with Crippen LogP contribution in [-0.2, 0) is 0 Å². The lowest BCUT2D eigenvalue weighted by Crippen LogP contribution is -1.94. The van der Waals surface area contributed by atoms with Gasteiger partial charge in [-0.3, -0.25) is 4.79 Å². The fourth-order valence-corrected chi connectivity index (χ4v) is 0. The van der Waals surface area contributed by atoms with Crippen molar-refractivity contribution in [1.82, 2.24) is 0 Å². The van der Waals surface area contributed by atoms with Gasteiger partial charge >= 0.3 is 5.37 Å². The van der Waals surface area contributed by atoms with E-state index in [0.29, 0.717) is 0 Å². The molecule has 0 saturated carbocycles. The maximum Gasteiger partial charge on any atom is 0.311 e. The number of primary amides is 1. The Kier molecular flexibility index (Phi) is 13.2. The summed E-state index contributed by atoms with van der Waals surface area (Å²) in [6.45, 7) is 4.36. The van der Waals surface area contributed by atoms with Gasteiger partial charge in [-0.2, -0.15) is 0 Å². The van der Waals surface area contributed by atoms with Crippen molar-refractivity contribution in [2.75, 3.05) is 0 Å². The lowest BCUT2D eigenvalue weighted by atomic mass is 10.4. The van der Waals surface area contributed by atoms with Crippen molar-refractivity contribution in [2.24, 2.45) is 5.73 Å². The Morgan fingerprint density at radius 3 is 1.62 bits per heavy atom. The summed E-state index contributed by atoms with van der Waals surface area (Å²) in [5, 5.41) is -0.861. The minimum absolute atomic E-state index is 0.861. The van der Waals surface area contributed by atoms with Crippen LogP contribution in [0.4, 0.5) is 4.79 Å². The average Bonchev–Trinajstić information content (AvgIpc) is 1.65. The van der Waals surface area contributed by atoms with Crippen molar-refractivity contribution in [3.05, 3.63) is 0 Å². The molecule has 0 heterocycles. The normalized spacial score (nSPS) is 6.88. The van der Waals surface area contributed by atoms with Crippen LogP contribution in [0, 0.1) is 0 Å². The highest BCUT2D eigenvalue weighted by molar-refractivity contribution is 6.62. The summed E-state index contributed by atoms with van der Waals surface area (Å²) in [5.74, 6) is 0. The van der Waals surface area contributed by atoms with E-state index in [-0.39, 0.29) is 0 Å². The molecule has 0 aromatic rings. The molecule has 0 aliphatic heterocycles. The van der Waals surface area contributed by atoms with E-state index in [0.717, 1.165) is 0 Å². The van der Waals surface area contributed by atoms with Crippen molar-refractivity contribution in [1.29, 1.82) is 0 Å². The third-order valence-electron chi connectivity index (χ3n) is 0.500. The van der Waals surface area contributed by atoms with Gasteiger partial charge in [-0.15, -0.1) is 0 Å². The summed E-state index contributed by atoms with van der Waals surface area (Å²) in [5.41, 5.74) is 4.24. The van der Waals surface area contributed by atoms with Gasteiger partial charge in [0.2, 0.25) is 0 Å². The van der Waals surface area contributed by atoms with Gasteiger partial charge in [0.1, 0.15) is 0 Å². The van der Waals surface area contributed by atoms with Crippen LogP contribution in [0.25, 0.3) is 0 Å². The van der Waals surface area contributed by atoms with E-state index < -0.39 is 5.37 Å². The monoisotopic (exact) mass is 137 g/mol. The van der Waals surface area contributed by atoms with Crippen LogP contribution in [0.2, 0.25) is 0 Å². The number of rotatable bonds is 1. The standard InChI is InChI=1S/C4H10.CH2ClNO/c1-3-4-2;2-1(3)4/h3-4H2,1-2H3;(H2,3,4). The Morgan fingerprint density at radius 2 is 1.62 bits per heavy atom. The van der Waals surface area contributed by atoms with Crippen LogP contribution >= 0.6 is 11.6 Å². The van der Waals surface area contributed by atoms with Gasteiger partial charge < -0.3 is 5.73 Å². The van der Waals surface area contributed by atoms with E-state index in [2.05, 4.69) is 31.2 Å². The van der Waals surface area contributed by atoms with Gasteiger partial charge in [0, 0.05) is 0 Å². The molecule has 0 saturated heterocycles. The molecule has 0 aliphatic rings. The average molecular weight is 138 g/mol. The molecule has 0 radical (unpaired) electrons. The molecule has 0 aromatic carbocycles. The quantitative estimate of drug-likeness (QED) is 0.437. The van der Waals surface area contributed by atoms with Crippen molar-refractivity contribution in [3.8, 4) is 0 Å². The third kappa shape index (κ3) is 226. The zero-order valence-electron chi connectivity index (χ0n) is 5.28. The number of hydrogen-bond acceptors (Lipinski definition) is 1. The molecular weight excluding hydrogens is 126 g/mol. The first-order chi connectivity index (χ1) is 3.65. The summed E-state index contributed by atoms with van der Waals surface area (Å²) >= 11 is 4.41. The first kappa shape index (κ1) is 10.7. The van der Waals surface area contributed by atoms with Crippen molar-refractivity contribution in [3.63, 3.8) is 0 Å². The summed E-state index contributed by atoms with van der Waals surface area (Å²) in [6, 6.07) is 0. The summed E-state index contributed by atoms with van der Waals surface area (Å²) < 4.78 is 0. The molecule has 2 N–H and O–H groups in total. The molecule has 0 unspecified atom stereocenters. The molecule has 50 valence electrons. The minimum atomic E-state index is -0.861. The lowest BCUT2D eigenvalue weighted by molar-refractivity contribution is 0.266. The zero-order valence-corrected chi connectivity index (χ0v) is 6.03. The molecule has 3 heteroatoms. The van der Waals surface area contributed by atoms with Gasteiger partial charge in [0.05, 0.1) is 0 Å². The number of hydrogen-bond donors (Lipinski definition) is 1. The van der Waals surface area contributed by atoms with Crippen LogP contribution in [0.15, 0.2) is 0 Å². The topological polar surface area (TPSA) is 43.1 Å². The SMILES string of the molecule is CCCC.NC(=O)Cl. The highest BCUT2D eigenvalue weighted by Crippen LogP contribution is 1.76. The zero-order chi connectivity index (χ0) is 6.99. The van der Waals surface area contributed by atoms with E-state index >= 15 is 0 Å². The van der Waals surface area contributed by atoms with E-state index in [1.807, 2.05) is 0 Å². The van der Waals surface area contributed by atoms with Crippen molar-refractivity contribution in [2.45, 2.75) is 26.7 Å². The van der Waals surface area contributed by atoms with Gasteiger partial charge in [0.25, 0.3) is 0 Å². The van der Waals surface area contributed by atoms with E-state index in [4.69, 9.17) is 4.79 Å². The summed E-state index contributed by atoms with van der Waals surface area (Å²) in [4.78, 5) is 8.99. The highest BCUT2D eigenvalue weighted by atomic mass is 35.5. The minimum Gasteiger partial charge on any atom is -0.356 e. The van der Waals surface area contributed by atoms with Crippen LogP contribution in [0.3, 0.4) is 0 Å². The van der Waals surface area contributed by atoms with Crippen molar-refractivity contribution < 1.29 is 4.79 Å². The van der Waals surface area contributed by atoms with Gasteiger partial charge in [-0.1, -0.05) is 26.7 Å². The van der Waals surface area contributed by atoms with Gasteiger partial charge in [-0.25, -0.2) is 0 Å². The number of halogens is 1. The van der Waals surface area contributed by atoms with Gasteiger partial charge in [-0.05, 0) is 11.6 Å². The predicted octanol–water partition coefficient (Wildman–Crippen LogP) is 2.11. The Labute approximate surface area is 55.0 Å². The second-order valence-corrected chi connectivity index (χ2v) is 1.68. The largest absolute Gasteiger partial charge is 0.356 e. The second-order valence-electron chi connectivity index (χ2n) is 1.30. The number of carbonyl (C=O) groups is 1. The fraction of sp³-hybridized carbons (Fsp3) is 0.800. The third-order valence-corrected chi connectivity index (χ3v) is 0.500. The van der Waals surface area contributed by atoms with Crippen LogP contribution in [-0.4, -0.2) is 5.37 Å². The molecule has 0 bridgehead atoms. The number of carbonyl (C=O) groups excluding carboxylic acids is 1. The Bertz CT molecular complexity index is 50.4. The van der Waals surface area contributed by atoms with E-state index in [9.17, 15) is 0 Å². The molecule has 0 aromatic heterocycles. The number of nitrogens with two attached hydrogens (primary N) is 1. The molecule has 0 spiro atoms. The highest BCUT2D eigenvalue weighted by Gasteiger charge is 1.66.